The maximum atomic E-state index is 11.3. The van der Waals surface area contributed by atoms with Crippen LogP contribution in [0.5, 0.6) is 0 Å². The molecule has 6 aromatic rings. The highest BCUT2D eigenvalue weighted by molar-refractivity contribution is 5.88. The maximum absolute atomic E-state index is 11.3. The summed E-state index contributed by atoms with van der Waals surface area (Å²) >= 11 is 0. The first-order chi connectivity index (χ1) is 23.9. The highest BCUT2D eigenvalue weighted by Gasteiger charge is 2.36. The average molecular weight is 680 g/mol. The molecule has 2 fully saturated rings. The Morgan fingerprint density at radius 1 is 0.900 bits per heavy atom. The Kier molecular flexibility index (Phi) is 8.75. The molecule has 10 heteroatoms. The molecule has 4 heterocycles. The predicted molar refractivity (Wildman–Crippen MR) is 194 cm³/mol. The smallest absolute Gasteiger partial charge is 0.258 e. The zero-order valence-corrected chi connectivity index (χ0v) is 30.9. The second-order valence-electron chi connectivity index (χ2n) is 14.6. The first-order valence-electron chi connectivity index (χ1n) is 18.2. The van der Waals surface area contributed by atoms with Crippen molar-refractivity contribution in [3.05, 3.63) is 69.9 Å². The van der Waals surface area contributed by atoms with Gasteiger partial charge in [0, 0.05) is 35.2 Å². The third kappa shape index (κ3) is 5.76. The molecule has 0 radical (unpaired) electrons. The lowest BCUT2D eigenvalue weighted by molar-refractivity contribution is -0.653. The summed E-state index contributed by atoms with van der Waals surface area (Å²) in [5, 5.41) is 30.1. The molecule has 0 bridgehead atoms. The van der Waals surface area contributed by atoms with E-state index in [0.717, 1.165) is 84.2 Å². The first kappa shape index (κ1) is 34.2. The van der Waals surface area contributed by atoms with Gasteiger partial charge < -0.3 is 23.8 Å². The number of imidazole rings is 2. The highest BCUT2D eigenvalue weighted by Crippen LogP contribution is 2.44. The Morgan fingerprint density at radius 2 is 1.48 bits per heavy atom. The van der Waals surface area contributed by atoms with Gasteiger partial charge in [-0.3, -0.25) is 0 Å². The fourth-order valence-electron chi connectivity index (χ4n) is 7.75. The summed E-state index contributed by atoms with van der Waals surface area (Å²) in [6, 6.07) is 8.49. The van der Waals surface area contributed by atoms with Crippen LogP contribution in [0.1, 0.15) is 129 Å². The molecule has 50 heavy (non-hydrogen) atoms. The lowest BCUT2D eigenvalue weighted by atomic mass is 9.85. The van der Waals surface area contributed by atoms with Gasteiger partial charge in [0.05, 0.1) is 47.1 Å². The van der Waals surface area contributed by atoms with Gasteiger partial charge in [0.25, 0.3) is 5.82 Å². The Morgan fingerprint density at radius 3 is 1.98 bits per heavy atom. The van der Waals surface area contributed by atoms with Crippen molar-refractivity contribution in [1.82, 2.24) is 24.8 Å². The van der Waals surface area contributed by atoms with Gasteiger partial charge in [-0.25, -0.2) is 14.5 Å². The van der Waals surface area contributed by atoms with Gasteiger partial charge in [-0.15, -0.1) is 0 Å². The lowest BCUT2D eigenvalue weighted by Gasteiger charge is -2.26. The number of nitrogens with one attached hydrogen (secondary N) is 1. The quantitative estimate of drug-likeness (QED) is 0.131. The molecule has 8 rings (SSSR count). The third-order valence-electron chi connectivity index (χ3n) is 11.1. The maximum Gasteiger partial charge on any atom is 0.258 e. The SMILES string of the molecule is CCC(O)(CC)c1cc(-c2c(C)noc2C)cc2c1nc(C1CC1)n2C.CCC(O)c1cc(-c2c(C)noc2C)cc2[nH]c(C3CC3)[n+](C)c12. The van der Waals surface area contributed by atoms with E-state index < -0.39 is 11.7 Å². The normalized spacial score (nSPS) is 15.6. The van der Waals surface area contributed by atoms with Gasteiger partial charge in [0.2, 0.25) is 0 Å². The van der Waals surface area contributed by atoms with Crippen LogP contribution in [0.15, 0.2) is 33.3 Å². The Labute approximate surface area is 293 Å². The minimum absolute atomic E-state index is 0.484. The van der Waals surface area contributed by atoms with E-state index in [1.54, 1.807) is 0 Å². The standard InChI is InChI=1S/C21H27N3O2.C19H23N3O2/c1-6-21(25,7-2)16-10-15(18-12(3)23-26-13(18)4)11-17-19(16)22-20(24(17)5)14-8-9-14;1-5-16(23)14-8-13(17-10(2)21-24-11(17)3)9-15-18(14)22(4)19(20-15)12-6-7-12/h10-11,14,25H,6-9H2,1-5H3;8-9,12,16,23H,5-7H2,1-4H3/p+1. The van der Waals surface area contributed by atoms with Gasteiger partial charge in [0.1, 0.15) is 17.3 Å². The Balaban J connectivity index is 0.000000157. The molecule has 0 saturated heterocycles. The summed E-state index contributed by atoms with van der Waals surface area (Å²) in [4.78, 5) is 8.55. The topological polar surface area (TPSA) is 130 Å². The fraction of sp³-hybridized carbons (Fsp3) is 0.500. The lowest BCUT2D eigenvalue weighted by Crippen LogP contribution is -2.32. The average Bonchev–Trinajstić information content (AvgIpc) is 4.03. The van der Waals surface area contributed by atoms with Crippen LogP contribution < -0.4 is 4.57 Å². The van der Waals surface area contributed by atoms with Crippen LogP contribution in [0.3, 0.4) is 0 Å². The van der Waals surface area contributed by atoms with Crippen LogP contribution in [0.4, 0.5) is 0 Å². The number of aliphatic hydroxyl groups excluding tert-OH is 1. The molecule has 0 spiro atoms. The number of aromatic amines is 1. The molecule has 3 N–H and O–H groups in total. The van der Waals surface area contributed by atoms with E-state index >= 15 is 0 Å². The molecule has 2 aromatic carbocycles. The van der Waals surface area contributed by atoms with Crippen LogP contribution in [0.2, 0.25) is 0 Å². The van der Waals surface area contributed by atoms with E-state index in [0.29, 0.717) is 31.1 Å². The van der Waals surface area contributed by atoms with Crippen LogP contribution in [-0.2, 0) is 19.7 Å². The molecule has 2 aliphatic rings. The predicted octanol–water partition coefficient (Wildman–Crippen LogP) is 8.32. The number of rotatable bonds is 9. The van der Waals surface area contributed by atoms with Gasteiger partial charge in [-0.1, -0.05) is 31.1 Å². The molecule has 1 atom stereocenters. The second-order valence-corrected chi connectivity index (χ2v) is 14.6. The summed E-state index contributed by atoms with van der Waals surface area (Å²) in [7, 11) is 4.18. The third-order valence-corrected chi connectivity index (χ3v) is 11.1. The van der Waals surface area contributed by atoms with Crippen molar-refractivity contribution in [2.24, 2.45) is 14.1 Å². The number of hydrogen-bond acceptors (Lipinski definition) is 7. The van der Waals surface area contributed by atoms with Gasteiger partial charge in [0.15, 0.2) is 11.0 Å². The van der Waals surface area contributed by atoms with Crippen LogP contribution in [0, 0.1) is 27.7 Å². The minimum atomic E-state index is -0.886. The molecule has 4 aromatic heterocycles. The number of aliphatic hydroxyl groups is 2. The molecule has 2 saturated carbocycles. The second kappa shape index (κ2) is 12.8. The van der Waals surface area contributed by atoms with Crippen LogP contribution >= 0.6 is 0 Å². The highest BCUT2D eigenvalue weighted by atomic mass is 16.5. The first-order valence-corrected chi connectivity index (χ1v) is 18.2. The summed E-state index contributed by atoms with van der Waals surface area (Å²) in [6.07, 6.45) is 6.39. The van der Waals surface area contributed by atoms with Crippen molar-refractivity contribution >= 4 is 22.1 Å². The number of nitrogens with zero attached hydrogens (tertiary/aromatic N) is 5. The van der Waals surface area contributed by atoms with Crippen LogP contribution in [0.25, 0.3) is 44.3 Å². The van der Waals surface area contributed by atoms with Gasteiger partial charge >= 0.3 is 0 Å². The summed E-state index contributed by atoms with van der Waals surface area (Å²) in [5.74, 6) is 5.17. The minimum Gasteiger partial charge on any atom is -0.388 e. The molecule has 264 valence electrons. The van der Waals surface area contributed by atoms with E-state index in [-0.39, 0.29) is 0 Å². The fourth-order valence-corrected chi connectivity index (χ4v) is 7.75. The number of fused-ring (bicyclic) bond motifs is 2. The zero-order chi connectivity index (χ0) is 35.6. The largest absolute Gasteiger partial charge is 0.388 e. The Hall–Kier alpha value is -4.28. The molecule has 1 unspecified atom stereocenters. The van der Waals surface area contributed by atoms with Crippen molar-refractivity contribution in [1.29, 1.82) is 0 Å². The molecular formula is C40H51N6O4+. The molecule has 0 aliphatic heterocycles. The molecule has 0 amide bonds. The van der Waals surface area contributed by atoms with Crippen LogP contribution in [-0.4, -0.2) is 35.1 Å². The van der Waals surface area contributed by atoms with E-state index in [1.165, 1.54) is 31.5 Å². The zero-order valence-electron chi connectivity index (χ0n) is 30.9. The van der Waals surface area contributed by atoms with E-state index in [4.69, 9.17) is 14.0 Å². The van der Waals surface area contributed by atoms with E-state index in [1.807, 2.05) is 48.5 Å². The molecule has 2 aliphatic carbocycles. The van der Waals surface area contributed by atoms with E-state index in [9.17, 15) is 10.2 Å². The van der Waals surface area contributed by atoms with Crippen molar-refractivity contribution in [3.8, 4) is 22.3 Å². The molecular weight excluding hydrogens is 628 g/mol. The number of aryl methyl sites for hydroxylation is 6. The summed E-state index contributed by atoms with van der Waals surface area (Å²) < 4.78 is 15.1. The number of aromatic nitrogens is 6. The Bertz CT molecular complexity index is 2170. The van der Waals surface area contributed by atoms with Crippen molar-refractivity contribution in [2.45, 2.75) is 117 Å². The number of hydrogen-bond donors (Lipinski definition) is 3. The van der Waals surface area contributed by atoms with Gasteiger partial charge in [-0.2, -0.15) is 0 Å². The van der Waals surface area contributed by atoms with E-state index in [2.05, 4.69) is 62.8 Å². The summed E-state index contributed by atoms with van der Waals surface area (Å²) in [6.45, 7) is 13.8. The van der Waals surface area contributed by atoms with Crippen molar-refractivity contribution in [3.63, 3.8) is 0 Å². The molecule has 10 nitrogen and oxygen atoms in total. The van der Waals surface area contributed by atoms with Crippen molar-refractivity contribution in [2.75, 3.05) is 0 Å². The number of benzene rings is 2. The van der Waals surface area contributed by atoms with Gasteiger partial charge in [-0.05, 0) is 108 Å². The monoisotopic (exact) mass is 679 g/mol. The summed E-state index contributed by atoms with van der Waals surface area (Å²) in [5.41, 5.74) is 11.0. The van der Waals surface area contributed by atoms with Crippen molar-refractivity contribution < 1.29 is 23.8 Å². The number of H-pyrrole nitrogens is 1.